The largest absolute Gasteiger partial charge is 0.399 e. The van der Waals surface area contributed by atoms with Crippen molar-refractivity contribution in [3.05, 3.63) is 53.8 Å². The summed E-state index contributed by atoms with van der Waals surface area (Å²) < 4.78 is 0. The number of nitrogen functional groups attached to an aromatic ring is 1. The smallest absolute Gasteiger partial charge is 0.0314 e. The second-order valence-electron chi connectivity index (χ2n) is 4.28. The highest BCUT2D eigenvalue weighted by molar-refractivity contribution is 5.44. The van der Waals surface area contributed by atoms with Crippen LogP contribution in [-0.4, -0.2) is 0 Å². The molecule has 4 N–H and O–H groups in total. The van der Waals surface area contributed by atoms with Crippen LogP contribution in [0, 0.1) is 0 Å². The molecule has 0 aromatic heterocycles. The molecule has 0 fully saturated rings. The quantitative estimate of drug-likeness (QED) is 0.683. The third-order valence-corrected chi connectivity index (χ3v) is 2.98. The fraction of sp³-hybridized carbons (Fsp3) is 0.231. The molecule has 1 unspecified atom stereocenters. The molecule has 1 aromatic rings. The van der Waals surface area contributed by atoms with Crippen LogP contribution in [0.5, 0.6) is 0 Å². The molecule has 0 aliphatic heterocycles. The first-order valence-electron chi connectivity index (χ1n) is 5.11. The minimum Gasteiger partial charge on any atom is -0.399 e. The fourth-order valence-electron chi connectivity index (χ4n) is 1.82. The molecule has 78 valence electrons. The number of hydrogen-bond donors (Lipinski definition) is 2. The van der Waals surface area contributed by atoms with Gasteiger partial charge in [-0.15, -0.1) is 0 Å². The Kier molecular flexibility index (Phi) is 2.27. The van der Waals surface area contributed by atoms with Crippen LogP contribution in [0.3, 0.4) is 0 Å². The summed E-state index contributed by atoms with van der Waals surface area (Å²) in [6.07, 6.45) is 7.14. The Labute approximate surface area is 90.3 Å². The first kappa shape index (κ1) is 9.84. The Hall–Kier alpha value is -1.70. The molecule has 0 saturated carbocycles. The number of benzene rings is 1. The topological polar surface area (TPSA) is 52.0 Å². The van der Waals surface area contributed by atoms with Crippen molar-refractivity contribution in [1.82, 2.24) is 0 Å². The predicted molar refractivity (Wildman–Crippen MR) is 64.2 cm³/mol. The minimum atomic E-state index is 0.0522. The van der Waals surface area contributed by atoms with Gasteiger partial charge in [-0.3, -0.25) is 0 Å². The van der Waals surface area contributed by atoms with Gasteiger partial charge in [0, 0.05) is 16.8 Å². The lowest BCUT2D eigenvalue weighted by molar-refractivity contribution is 0.596. The van der Waals surface area contributed by atoms with Gasteiger partial charge in [-0.05, 0) is 30.2 Å². The summed E-state index contributed by atoms with van der Waals surface area (Å²) in [7, 11) is 0. The molecule has 2 rings (SSSR count). The first-order chi connectivity index (χ1) is 7.10. The van der Waals surface area contributed by atoms with E-state index in [0.29, 0.717) is 0 Å². The van der Waals surface area contributed by atoms with E-state index in [1.807, 2.05) is 18.2 Å². The average Bonchev–Trinajstić information content (AvgIpc) is 2.24. The lowest BCUT2D eigenvalue weighted by Crippen LogP contribution is -2.21. The minimum absolute atomic E-state index is 0.0522. The van der Waals surface area contributed by atoms with Gasteiger partial charge in [0.15, 0.2) is 0 Å². The van der Waals surface area contributed by atoms with Gasteiger partial charge in [0.25, 0.3) is 0 Å². The number of nitrogens with two attached hydrogens (primary N) is 2. The van der Waals surface area contributed by atoms with Gasteiger partial charge in [-0.2, -0.15) is 0 Å². The van der Waals surface area contributed by atoms with Gasteiger partial charge >= 0.3 is 0 Å². The lowest BCUT2D eigenvalue weighted by atomic mass is 9.77. The van der Waals surface area contributed by atoms with Crippen molar-refractivity contribution in [2.24, 2.45) is 5.73 Å². The van der Waals surface area contributed by atoms with Crippen LogP contribution in [0.15, 0.2) is 48.2 Å². The Balaban J connectivity index is 2.32. The van der Waals surface area contributed by atoms with Crippen LogP contribution in [0.2, 0.25) is 0 Å². The predicted octanol–water partition coefficient (Wildman–Crippen LogP) is 2.33. The second kappa shape index (κ2) is 3.46. The third-order valence-electron chi connectivity index (χ3n) is 2.98. The molecule has 0 saturated heterocycles. The van der Waals surface area contributed by atoms with Crippen molar-refractivity contribution in [3.63, 3.8) is 0 Å². The molecule has 0 radical (unpaired) electrons. The van der Waals surface area contributed by atoms with Crippen molar-refractivity contribution in [2.75, 3.05) is 5.73 Å². The van der Waals surface area contributed by atoms with Crippen LogP contribution in [0.25, 0.3) is 0 Å². The monoisotopic (exact) mass is 200 g/mol. The van der Waals surface area contributed by atoms with Gasteiger partial charge < -0.3 is 11.5 Å². The molecule has 1 atom stereocenters. The summed E-state index contributed by atoms with van der Waals surface area (Å²) in [4.78, 5) is 0. The number of allylic oxidation sites excluding steroid dienone is 3. The van der Waals surface area contributed by atoms with Crippen LogP contribution >= 0.6 is 0 Å². The van der Waals surface area contributed by atoms with Gasteiger partial charge in [0.05, 0.1) is 0 Å². The van der Waals surface area contributed by atoms with Crippen LogP contribution in [0.1, 0.15) is 18.9 Å². The molecule has 1 aliphatic carbocycles. The maximum atomic E-state index is 5.71. The maximum Gasteiger partial charge on any atom is 0.0314 e. The van der Waals surface area contributed by atoms with Gasteiger partial charge in [0.1, 0.15) is 0 Å². The van der Waals surface area contributed by atoms with E-state index in [2.05, 4.69) is 31.2 Å². The van der Waals surface area contributed by atoms with Crippen molar-refractivity contribution < 1.29 is 0 Å². The second-order valence-corrected chi connectivity index (χ2v) is 4.28. The van der Waals surface area contributed by atoms with Crippen molar-refractivity contribution >= 4 is 5.69 Å². The van der Waals surface area contributed by atoms with E-state index in [4.69, 9.17) is 11.5 Å². The highest BCUT2D eigenvalue weighted by atomic mass is 14.6. The van der Waals surface area contributed by atoms with Gasteiger partial charge in [-0.1, -0.05) is 31.2 Å². The van der Waals surface area contributed by atoms with E-state index in [0.717, 1.165) is 17.8 Å². The summed E-state index contributed by atoms with van der Waals surface area (Å²) in [5, 5.41) is 0. The van der Waals surface area contributed by atoms with Gasteiger partial charge in [0.2, 0.25) is 0 Å². The highest BCUT2D eigenvalue weighted by Gasteiger charge is 2.24. The normalized spacial score (nSPS) is 25.0. The van der Waals surface area contributed by atoms with Crippen molar-refractivity contribution in [2.45, 2.75) is 18.8 Å². The Morgan fingerprint density at radius 2 is 1.80 bits per heavy atom. The van der Waals surface area contributed by atoms with E-state index < -0.39 is 0 Å². The molecule has 0 heterocycles. The standard InChI is InChI=1S/C13H16N2/c1-13(8-6-12(15)7-9-13)10-2-4-11(14)5-3-10/h2-8H,9,14-15H2,1H3. The summed E-state index contributed by atoms with van der Waals surface area (Å²) in [5.41, 5.74) is 14.4. The molecule has 1 aliphatic rings. The molecular weight excluding hydrogens is 184 g/mol. The summed E-state index contributed by atoms with van der Waals surface area (Å²) in [6.45, 7) is 2.21. The summed E-state index contributed by atoms with van der Waals surface area (Å²) in [5.74, 6) is 0. The lowest BCUT2D eigenvalue weighted by Gasteiger charge is -2.28. The fourth-order valence-corrected chi connectivity index (χ4v) is 1.82. The van der Waals surface area contributed by atoms with Gasteiger partial charge in [-0.25, -0.2) is 0 Å². The third kappa shape index (κ3) is 1.89. The first-order valence-corrected chi connectivity index (χ1v) is 5.11. The molecule has 0 amide bonds. The SMILES string of the molecule is CC1(c2ccc(N)cc2)C=CC(N)=CC1. The van der Waals surface area contributed by atoms with E-state index in [-0.39, 0.29) is 5.41 Å². The molecule has 1 aromatic carbocycles. The van der Waals surface area contributed by atoms with E-state index in [1.165, 1.54) is 5.56 Å². The maximum absolute atomic E-state index is 5.71. The molecule has 2 heteroatoms. The summed E-state index contributed by atoms with van der Waals surface area (Å²) >= 11 is 0. The van der Waals surface area contributed by atoms with Crippen LogP contribution in [0.4, 0.5) is 5.69 Å². The Morgan fingerprint density at radius 3 is 2.33 bits per heavy atom. The van der Waals surface area contributed by atoms with Crippen molar-refractivity contribution in [1.29, 1.82) is 0 Å². The van der Waals surface area contributed by atoms with E-state index >= 15 is 0 Å². The molecule has 15 heavy (non-hydrogen) atoms. The average molecular weight is 200 g/mol. The molecular formula is C13H16N2. The number of hydrogen-bond acceptors (Lipinski definition) is 2. The van der Waals surface area contributed by atoms with E-state index in [9.17, 15) is 0 Å². The summed E-state index contributed by atoms with van der Waals surface area (Å²) in [6, 6.07) is 8.04. The number of rotatable bonds is 1. The highest BCUT2D eigenvalue weighted by Crippen LogP contribution is 2.33. The molecule has 2 nitrogen and oxygen atoms in total. The van der Waals surface area contributed by atoms with Crippen molar-refractivity contribution in [3.8, 4) is 0 Å². The Morgan fingerprint density at radius 1 is 1.13 bits per heavy atom. The van der Waals surface area contributed by atoms with Crippen LogP contribution in [-0.2, 0) is 5.41 Å². The van der Waals surface area contributed by atoms with Crippen LogP contribution < -0.4 is 11.5 Å². The zero-order valence-electron chi connectivity index (χ0n) is 8.90. The Bertz CT molecular complexity index is 415. The van der Waals surface area contributed by atoms with E-state index in [1.54, 1.807) is 0 Å². The molecule has 0 bridgehead atoms. The number of anilines is 1. The molecule has 0 spiro atoms. The zero-order valence-corrected chi connectivity index (χ0v) is 8.90. The zero-order chi connectivity index (χ0) is 10.9.